The third-order valence-electron chi connectivity index (χ3n) is 7.77. The first kappa shape index (κ1) is 22.5. The molecule has 3 aromatic carbocycles. The van der Waals surface area contributed by atoms with Gasteiger partial charge in [0.25, 0.3) is 0 Å². The number of aryl methyl sites for hydroxylation is 1. The van der Waals surface area contributed by atoms with Crippen molar-refractivity contribution < 1.29 is 4.79 Å². The number of nitrogens with one attached hydrogen (secondary N) is 1. The van der Waals surface area contributed by atoms with Gasteiger partial charge in [-0.3, -0.25) is 4.79 Å². The lowest BCUT2D eigenvalue weighted by Gasteiger charge is -2.21. The Bertz CT molecular complexity index is 1480. The molecule has 3 aliphatic carbocycles. The Kier molecular flexibility index (Phi) is 6.26. The molecule has 1 N–H and O–H groups in total. The maximum absolute atomic E-state index is 13.3. The molecule has 1 aliphatic heterocycles. The molecule has 1 fully saturated rings. The Labute approximate surface area is 213 Å². The molecule has 2 nitrogen and oxygen atoms in total. The molecule has 0 bridgehead atoms. The lowest BCUT2D eigenvalue weighted by molar-refractivity contribution is -0.122. The number of ketones is 1. The number of hydrogen-bond donors (Lipinski definition) is 1. The van der Waals surface area contributed by atoms with Gasteiger partial charge in [0.05, 0.1) is 0 Å². The number of allylic oxidation sites excluding steroid dienone is 4. The second kappa shape index (κ2) is 9.99. The topological polar surface area (TPSA) is 29.1 Å². The van der Waals surface area contributed by atoms with Crippen LogP contribution in [0.5, 0.6) is 0 Å². The molecular weight excluding hydrogens is 438 g/mol. The fraction of sp³-hybridized carbons (Fsp3) is 0.206. The molecule has 3 aromatic rings. The van der Waals surface area contributed by atoms with Crippen molar-refractivity contribution in [1.29, 1.82) is 0 Å². The SMILES string of the molecule is C1=CC=CNC=C1.O=C(C1C=c2c(ccc3c2=CCc2ccccc2-3)CC1)C1CC1c1ccccc1. The Morgan fingerprint density at radius 1 is 0.750 bits per heavy atom. The van der Waals surface area contributed by atoms with E-state index in [1.165, 1.54) is 38.3 Å². The van der Waals surface area contributed by atoms with Crippen LogP contribution in [0, 0.1) is 11.8 Å². The molecule has 0 saturated heterocycles. The maximum atomic E-state index is 13.3. The fourth-order valence-electron chi connectivity index (χ4n) is 5.80. The molecule has 178 valence electrons. The van der Waals surface area contributed by atoms with Crippen molar-refractivity contribution in [1.82, 2.24) is 5.32 Å². The summed E-state index contributed by atoms with van der Waals surface area (Å²) in [4.78, 5) is 13.3. The first-order valence-electron chi connectivity index (χ1n) is 13.0. The molecule has 2 heteroatoms. The molecule has 7 rings (SSSR count). The average molecular weight is 470 g/mol. The number of carbonyl (C=O) groups is 1. The second-order valence-electron chi connectivity index (χ2n) is 10.0. The average Bonchev–Trinajstić information content (AvgIpc) is 3.78. The first-order valence-corrected chi connectivity index (χ1v) is 13.0. The van der Waals surface area contributed by atoms with E-state index in [-0.39, 0.29) is 11.8 Å². The maximum Gasteiger partial charge on any atom is 0.143 e. The lowest BCUT2D eigenvalue weighted by Crippen LogP contribution is -2.37. The van der Waals surface area contributed by atoms with Crippen LogP contribution in [0.3, 0.4) is 0 Å². The van der Waals surface area contributed by atoms with Gasteiger partial charge in [-0.15, -0.1) is 0 Å². The summed E-state index contributed by atoms with van der Waals surface area (Å²) >= 11 is 0. The predicted octanol–water partition coefficient (Wildman–Crippen LogP) is 5.58. The van der Waals surface area contributed by atoms with E-state index in [1.54, 1.807) is 0 Å². The number of hydrogen-bond acceptors (Lipinski definition) is 2. The molecule has 0 amide bonds. The summed E-state index contributed by atoms with van der Waals surface area (Å²) in [5.41, 5.74) is 6.79. The van der Waals surface area contributed by atoms with Crippen LogP contribution in [-0.2, 0) is 17.6 Å². The minimum Gasteiger partial charge on any atom is -0.368 e. The molecular formula is C34H31NO. The number of rotatable bonds is 3. The van der Waals surface area contributed by atoms with Crippen molar-refractivity contribution in [2.75, 3.05) is 0 Å². The van der Waals surface area contributed by atoms with E-state index in [0.29, 0.717) is 11.7 Å². The van der Waals surface area contributed by atoms with Gasteiger partial charge in [-0.05, 0) is 82.0 Å². The van der Waals surface area contributed by atoms with E-state index in [9.17, 15) is 4.79 Å². The summed E-state index contributed by atoms with van der Waals surface area (Å²) in [7, 11) is 0. The lowest BCUT2D eigenvalue weighted by atomic mass is 9.82. The first-order chi connectivity index (χ1) is 17.8. The van der Waals surface area contributed by atoms with Gasteiger partial charge in [-0.2, -0.15) is 0 Å². The molecule has 3 atom stereocenters. The van der Waals surface area contributed by atoms with E-state index >= 15 is 0 Å². The highest BCUT2D eigenvalue weighted by Gasteiger charge is 2.45. The third-order valence-corrected chi connectivity index (χ3v) is 7.77. The molecule has 4 aliphatic rings. The van der Waals surface area contributed by atoms with Crippen LogP contribution < -0.4 is 15.8 Å². The molecule has 0 spiro atoms. The summed E-state index contributed by atoms with van der Waals surface area (Å²) in [5.74, 6) is 1.17. The number of fused-ring (bicyclic) bond motifs is 5. The van der Waals surface area contributed by atoms with E-state index < -0.39 is 0 Å². The Hall–Kier alpha value is -3.91. The van der Waals surface area contributed by atoms with E-state index in [0.717, 1.165) is 25.7 Å². The third kappa shape index (κ3) is 4.52. The van der Waals surface area contributed by atoms with Crippen molar-refractivity contribution in [3.63, 3.8) is 0 Å². The van der Waals surface area contributed by atoms with Gasteiger partial charge in [-0.1, -0.05) is 91.0 Å². The Balaban J connectivity index is 0.000000299. The van der Waals surface area contributed by atoms with Crippen molar-refractivity contribution in [2.45, 2.75) is 31.6 Å². The van der Waals surface area contributed by atoms with E-state index in [4.69, 9.17) is 0 Å². The van der Waals surface area contributed by atoms with Crippen LogP contribution in [-0.4, -0.2) is 5.78 Å². The number of carbonyl (C=O) groups excluding carboxylic acids is 1. The van der Waals surface area contributed by atoms with Crippen molar-refractivity contribution in [3.8, 4) is 11.1 Å². The van der Waals surface area contributed by atoms with Crippen molar-refractivity contribution in [2.24, 2.45) is 11.8 Å². The second-order valence-corrected chi connectivity index (χ2v) is 10.0. The Morgan fingerprint density at radius 2 is 1.53 bits per heavy atom. The summed E-state index contributed by atoms with van der Waals surface area (Å²) in [6, 6.07) is 23.8. The van der Waals surface area contributed by atoms with Crippen LogP contribution >= 0.6 is 0 Å². The predicted molar refractivity (Wildman–Crippen MR) is 148 cm³/mol. The highest BCUT2D eigenvalue weighted by atomic mass is 16.1. The van der Waals surface area contributed by atoms with Gasteiger partial charge < -0.3 is 5.32 Å². The highest BCUT2D eigenvalue weighted by molar-refractivity contribution is 5.92. The minimum absolute atomic E-state index is 0.0679. The molecule has 36 heavy (non-hydrogen) atoms. The fourth-order valence-corrected chi connectivity index (χ4v) is 5.80. The molecule has 1 saturated carbocycles. The zero-order chi connectivity index (χ0) is 24.3. The van der Waals surface area contributed by atoms with Crippen LogP contribution in [0.25, 0.3) is 23.3 Å². The Morgan fingerprint density at radius 3 is 2.36 bits per heavy atom. The molecule has 0 radical (unpaired) electrons. The smallest absolute Gasteiger partial charge is 0.143 e. The van der Waals surface area contributed by atoms with Gasteiger partial charge in [0, 0.05) is 24.2 Å². The molecule has 0 aromatic heterocycles. The number of benzene rings is 3. The zero-order valence-corrected chi connectivity index (χ0v) is 20.4. The minimum atomic E-state index is 0.0679. The van der Waals surface area contributed by atoms with Crippen LogP contribution in [0.1, 0.15) is 35.4 Å². The van der Waals surface area contributed by atoms with E-state index in [1.807, 2.05) is 42.8 Å². The van der Waals surface area contributed by atoms with E-state index in [2.05, 4.69) is 78.1 Å². The number of Topliss-reactive ketones (excluding diaryl/α,β-unsaturated/α-hetero) is 1. The summed E-state index contributed by atoms with van der Waals surface area (Å²) < 4.78 is 0. The normalized spacial score (nSPS) is 22.2. The van der Waals surface area contributed by atoms with Crippen molar-refractivity contribution in [3.05, 3.63) is 131 Å². The van der Waals surface area contributed by atoms with Crippen LogP contribution in [0.2, 0.25) is 0 Å². The van der Waals surface area contributed by atoms with Gasteiger partial charge >= 0.3 is 0 Å². The van der Waals surface area contributed by atoms with Crippen LogP contribution in [0.15, 0.2) is 103 Å². The quantitative estimate of drug-likeness (QED) is 0.543. The summed E-state index contributed by atoms with van der Waals surface area (Å²) in [6.45, 7) is 0. The van der Waals surface area contributed by atoms with Gasteiger partial charge in [0.15, 0.2) is 0 Å². The monoisotopic (exact) mass is 469 g/mol. The standard InChI is InChI=1S/C28H24O.C6H7N/c29-28(27-17-26(27)18-6-2-1-3-7-18)21-11-10-20-13-14-23-22-9-5-4-8-19(22)12-15-24(23)25(20)16-21;1-2-4-6-7-5-3-1/h1-9,13-16,21,26-27H,10-12,17H2;1-7H. The van der Waals surface area contributed by atoms with Crippen molar-refractivity contribution >= 4 is 17.9 Å². The largest absolute Gasteiger partial charge is 0.368 e. The zero-order valence-electron chi connectivity index (χ0n) is 20.4. The van der Waals surface area contributed by atoms with Gasteiger partial charge in [0.2, 0.25) is 0 Å². The van der Waals surface area contributed by atoms with Gasteiger partial charge in [0.1, 0.15) is 5.78 Å². The molecule has 1 heterocycles. The van der Waals surface area contributed by atoms with Gasteiger partial charge in [-0.25, -0.2) is 0 Å². The highest BCUT2D eigenvalue weighted by Crippen LogP contribution is 2.49. The summed E-state index contributed by atoms with van der Waals surface area (Å²) in [5, 5.41) is 5.58. The molecule has 3 unspecified atom stereocenters. The van der Waals surface area contributed by atoms with Crippen LogP contribution in [0.4, 0.5) is 0 Å². The summed E-state index contributed by atoms with van der Waals surface area (Å²) in [6.07, 6.45) is 20.2.